The molecule has 7 heteroatoms. The van der Waals surface area contributed by atoms with Gasteiger partial charge < -0.3 is 10.1 Å². The molecular formula is C25H25N3O3S. The average Bonchev–Trinajstić information content (AvgIpc) is 3.25. The second-order valence-electron chi connectivity index (χ2n) is 7.69. The summed E-state index contributed by atoms with van der Waals surface area (Å²) in [6.45, 7) is 5.79. The van der Waals surface area contributed by atoms with E-state index < -0.39 is 6.04 Å². The Kier molecular flexibility index (Phi) is 6.10. The van der Waals surface area contributed by atoms with Gasteiger partial charge in [-0.25, -0.2) is 4.98 Å². The van der Waals surface area contributed by atoms with Crippen molar-refractivity contribution < 1.29 is 9.53 Å². The molecule has 2 aromatic carbocycles. The minimum Gasteiger partial charge on any atom is -0.497 e. The number of methoxy groups -OCH3 is 1. The Morgan fingerprint density at radius 2 is 1.91 bits per heavy atom. The van der Waals surface area contributed by atoms with Crippen molar-refractivity contribution in [3.05, 3.63) is 75.4 Å². The van der Waals surface area contributed by atoms with Gasteiger partial charge in [-0.3, -0.25) is 14.2 Å². The largest absolute Gasteiger partial charge is 0.497 e. The first-order valence-electron chi connectivity index (χ1n) is 10.4. The molecule has 0 radical (unpaired) electrons. The summed E-state index contributed by atoms with van der Waals surface area (Å²) in [5.41, 5.74) is 4.21. The number of carbonyl (C=O) groups is 1. The molecule has 0 fully saturated rings. The zero-order chi connectivity index (χ0) is 22.8. The van der Waals surface area contributed by atoms with Gasteiger partial charge in [0.1, 0.15) is 11.8 Å². The van der Waals surface area contributed by atoms with Gasteiger partial charge in [0.25, 0.3) is 5.56 Å². The van der Waals surface area contributed by atoms with Crippen molar-refractivity contribution in [1.29, 1.82) is 0 Å². The van der Waals surface area contributed by atoms with Crippen LogP contribution in [0.1, 0.15) is 30.5 Å². The number of carbonyl (C=O) groups excluding carboxylic acids is 1. The molecule has 1 N–H and O–H groups in total. The van der Waals surface area contributed by atoms with Crippen LogP contribution < -0.4 is 15.6 Å². The number of para-hydroxylation sites is 1. The third-order valence-electron chi connectivity index (χ3n) is 5.60. The third kappa shape index (κ3) is 4.03. The van der Waals surface area contributed by atoms with E-state index in [2.05, 4.69) is 10.3 Å². The minimum atomic E-state index is -0.639. The molecule has 0 spiro atoms. The van der Waals surface area contributed by atoms with Crippen LogP contribution in [0.3, 0.4) is 0 Å². The van der Waals surface area contributed by atoms with E-state index in [9.17, 15) is 9.59 Å². The monoisotopic (exact) mass is 447 g/mol. The number of nitrogens with zero attached hydrogens (tertiary/aromatic N) is 2. The Hall–Kier alpha value is -3.45. The fourth-order valence-corrected chi connectivity index (χ4v) is 4.67. The maximum atomic E-state index is 13.2. The molecule has 0 bridgehead atoms. The number of anilines is 1. The van der Waals surface area contributed by atoms with Crippen molar-refractivity contribution in [1.82, 2.24) is 9.55 Å². The molecule has 2 heterocycles. The van der Waals surface area contributed by atoms with Crippen molar-refractivity contribution in [3.8, 4) is 17.0 Å². The van der Waals surface area contributed by atoms with E-state index >= 15 is 0 Å². The molecule has 4 aromatic rings. The summed E-state index contributed by atoms with van der Waals surface area (Å²) < 4.78 is 6.81. The fraction of sp³-hybridized carbons (Fsp3) is 0.240. The van der Waals surface area contributed by atoms with Crippen LogP contribution in [0.5, 0.6) is 5.75 Å². The number of thiazole rings is 1. The number of aryl methyl sites for hydroxylation is 2. The first kappa shape index (κ1) is 21.8. The van der Waals surface area contributed by atoms with E-state index in [1.54, 1.807) is 17.7 Å². The van der Waals surface area contributed by atoms with Gasteiger partial charge in [-0.05, 0) is 55.7 Å². The summed E-state index contributed by atoms with van der Waals surface area (Å²) in [6, 6.07) is 14.5. The molecular weight excluding hydrogens is 422 g/mol. The summed E-state index contributed by atoms with van der Waals surface area (Å²) >= 11 is 1.36. The number of rotatable bonds is 6. The average molecular weight is 448 g/mol. The lowest BCUT2D eigenvalue weighted by molar-refractivity contribution is -0.119. The van der Waals surface area contributed by atoms with Crippen LogP contribution in [0.4, 0.5) is 5.13 Å². The lowest BCUT2D eigenvalue weighted by Gasteiger charge is -2.21. The third-order valence-corrected chi connectivity index (χ3v) is 6.36. The van der Waals surface area contributed by atoms with Crippen LogP contribution in [0.25, 0.3) is 22.2 Å². The number of fused-ring (bicyclic) bond motifs is 1. The van der Waals surface area contributed by atoms with Crippen LogP contribution in [0.2, 0.25) is 0 Å². The van der Waals surface area contributed by atoms with Crippen molar-refractivity contribution in [2.45, 2.75) is 33.2 Å². The fourth-order valence-electron chi connectivity index (χ4n) is 3.95. The molecule has 32 heavy (non-hydrogen) atoms. The highest BCUT2D eigenvalue weighted by Gasteiger charge is 2.24. The van der Waals surface area contributed by atoms with Gasteiger partial charge in [0.15, 0.2) is 5.13 Å². The van der Waals surface area contributed by atoms with E-state index in [1.807, 2.05) is 68.6 Å². The van der Waals surface area contributed by atoms with Crippen molar-refractivity contribution >= 4 is 33.3 Å². The quantitative estimate of drug-likeness (QED) is 0.433. The second kappa shape index (κ2) is 8.96. The van der Waals surface area contributed by atoms with E-state index in [-0.39, 0.29) is 11.5 Å². The van der Waals surface area contributed by atoms with Gasteiger partial charge in [-0.2, -0.15) is 0 Å². The van der Waals surface area contributed by atoms with Crippen molar-refractivity contribution in [2.75, 3.05) is 12.4 Å². The van der Waals surface area contributed by atoms with Crippen molar-refractivity contribution in [2.24, 2.45) is 0 Å². The standard InChI is InChI=1S/C25H25N3O3S/c1-5-21(28-22(29)13-16(3)19-8-6-7-15(2)23(19)28)24(30)27-25-26-20(14-32-25)17-9-11-18(31-4)12-10-17/h6-14,21H,5H2,1-4H3,(H,26,27,30). The Morgan fingerprint density at radius 3 is 2.59 bits per heavy atom. The minimum absolute atomic E-state index is 0.177. The lowest BCUT2D eigenvalue weighted by atomic mass is 10.0. The van der Waals surface area contributed by atoms with Gasteiger partial charge >= 0.3 is 0 Å². The first-order valence-corrected chi connectivity index (χ1v) is 11.3. The number of amides is 1. The van der Waals surface area contributed by atoms with Crippen LogP contribution >= 0.6 is 11.3 Å². The van der Waals surface area contributed by atoms with Gasteiger partial charge in [-0.1, -0.05) is 25.1 Å². The predicted octanol–water partition coefficient (Wildman–Crippen LogP) is 5.34. The molecule has 4 rings (SSSR count). The van der Waals surface area contributed by atoms with Crippen LogP contribution in [0.15, 0.2) is 58.7 Å². The highest BCUT2D eigenvalue weighted by Crippen LogP contribution is 2.28. The van der Waals surface area contributed by atoms with E-state index in [1.165, 1.54) is 11.3 Å². The van der Waals surface area contributed by atoms with Crippen LogP contribution in [-0.4, -0.2) is 22.6 Å². The number of pyridine rings is 1. The zero-order valence-electron chi connectivity index (χ0n) is 18.5. The van der Waals surface area contributed by atoms with Crippen molar-refractivity contribution in [3.63, 3.8) is 0 Å². The first-order chi connectivity index (χ1) is 15.4. The van der Waals surface area contributed by atoms with Gasteiger partial charge in [0.05, 0.1) is 18.3 Å². The molecule has 0 aliphatic carbocycles. The summed E-state index contributed by atoms with van der Waals surface area (Å²) in [4.78, 5) is 30.8. The molecule has 1 amide bonds. The summed E-state index contributed by atoms with van der Waals surface area (Å²) in [5.74, 6) is 0.521. The van der Waals surface area contributed by atoms with Gasteiger partial charge in [0, 0.05) is 22.4 Å². The number of ether oxygens (including phenoxy) is 1. The number of aromatic nitrogens is 2. The number of hydrogen-bond acceptors (Lipinski definition) is 5. The molecule has 2 aromatic heterocycles. The predicted molar refractivity (Wildman–Crippen MR) is 130 cm³/mol. The highest BCUT2D eigenvalue weighted by molar-refractivity contribution is 7.14. The van der Waals surface area contributed by atoms with Gasteiger partial charge in [0.2, 0.25) is 5.91 Å². The smallest absolute Gasteiger partial charge is 0.252 e. The molecule has 1 unspecified atom stereocenters. The molecule has 0 saturated heterocycles. The van der Waals surface area contributed by atoms with E-state index in [0.717, 1.165) is 39.0 Å². The molecule has 6 nitrogen and oxygen atoms in total. The number of benzene rings is 2. The SMILES string of the molecule is CCC(C(=O)Nc1nc(-c2ccc(OC)cc2)cs1)n1c(=O)cc(C)c2cccc(C)c21. The maximum absolute atomic E-state index is 13.2. The van der Waals surface area contributed by atoms with E-state index in [0.29, 0.717) is 11.6 Å². The Labute approximate surface area is 190 Å². The Bertz CT molecular complexity index is 1340. The lowest BCUT2D eigenvalue weighted by Crippen LogP contribution is -2.33. The molecule has 164 valence electrons. The highest BCUT2D eigenvalue weighted by atomic mass is 32.1. The topological polar surface area (TPSA) is 73.2 Å². The molecule has 1 atom stereocenters. The summed E-state index contributed by atoms with van der Waals surface area (Å²) in [7, 11) is 1.62. The Morgan fingerprint density at radius 1 is 1.16 bits per heavy atom. The Balaban J connectivity index is 1.65. The molecule has 0 saturated carbocycles. The summed E-state index contributed by atoms with van der Waals surface area (Å²) in [5, 5.41) is 6.29. The molecule has 0 aliphatic heterocycles. The number of hydrogen-bond donors (Lipinski definition) is 1. The summed E-state index contributed by atoms with van der Waals surface area (Å²) in [6.07, 6.45) is 0.481. The normalized spacial score (nSPS) is 12.0. The van der Waals surface area contributed by atoms with Crippen LogP contribution in [0, 0.1) is 13.8 Å². The van der Waals surface area contributed by atoms with Gasteiger partial charge in [-0.15, -0.1) is 11.3 Å². The zero-order valence-corrected chi connectivity index (χ0v) is 19.3. The number of nitrogens with one attached hydrogen (secondary N) is 1. The maximum Gasteiger partial charge on any atom is 0.252 e. The second-order valence-corrected chi connectivity index (χ2v) is 8.54. The molecule has 0 aliphatic rings. The van der Waals surface area contributed by atoms with E-state index in [4.69, 9.17) is 4.74 Å². The van der Waals surface area contributed by atoms with Crippen LogP contribution in [-0.2, 0) is 4.79 Å².